The van der Waals surface area contributed by atoms with Crippen molar-refractivity contribution in [2.45, 2.75) is 39.3 Å². The van der Waals surface area contributed by atoms with Gasteiger partial charge in [0.15, 0.2) is 11.9 Å². The molecule has 0 aromatic heterocycles. The number of hydrogen-bond acceptors (Lipinski definition) is 5. The second-order valence-electron chi connectivity index (χ2n) is 6.52. The molecule has 129 valence electrons. The highest BCUT2D eigenvalue weighted by molar-refractivity contribution is 5.99. The maximum absolute atomic E-state index is 12.3. The molecule has 4 N–H and O–H groups in total. The molecule has 8 heteroatoms. The molecular formula is C15H24N3O5. The van der Waals surface area contributed by atoms with Crippen molar-refractivity contribution in [3.05, 3.63) is 6.42 Å². The van der Waals surface area contributed by atoms with Crippen LogP contribution in [0.3, 0.4) is 0 Å². The Labute approximate surface area is 135 Å². The molecule has 1 fully saturated rings. The number of nitrogens with two attached hydrogens (primary N) is 2. The van der Waals surface area contributed by atoms with Crippen molar-refractivity contribution < 1.29 is 23.9 Å². The number of ketones is 1. The lowest BCUT2D eigenvalue weighted by molar-refractivity contribution is -0.138. The lowest BCUT2D eigenvalue weighted by atomic mass is 9.76. The number of ether oxygens (including phenoxy) is 1. The summed E-state index contributed by atoms with van der Waals surface area (Å²) < 4.78 is 5.03. The smallest absolute Gasteiger partial charge is 0.249 e. The first-order valence-corrected chi connectivity index (χ1v) is 7.32. The molecule has 3 amide bonds. The van der Waals surface area contributed by atoms with Gasteiger partial charge in [-0.1, -0.05) is 20.8 Å². The van der Waals surface area contributed by atoms with Crippen LogP contribution in [-0.2, 0) is 23.9 Å². The summed E-state index contributed by atoms with van der Waals surface area (Å²) in [4.78, 5) is 47.9. The van der Waals surface area contributed by atoms with E-state index in [0.29, 0.717) is 6.42 Å². The van der Waals surface area contributed by atoms with Crippen molar-refractivity contribution in [1.29, 1.82) is 0 Å². The molecule has 1 rings (SSSR count). The highest BCUT2D eigenvalue weighted by Crippen LogP contribution is 2.31. The lowest BCUT2D eigenvalue weighted by Gasteiger charge is -2.31. The number of amides is 3. The molecule has 1 radical (unpaired) electrons. The van der Waals surface area contributed by atoms with E-state index in [0.717, 1.165) is 4.90 Å². The van der Waals surface area contributed by atoms with Crippen LogP contribution in [0.15, 0.2) is 0 Å². The Morgan fingerprint density at radius 3 is 2.43 bits per heavy atom. The Balaban J connectivity index is 2.72. The molecule has 0 aromatic carbocycles. The Hall–Kier alpha value is -1.96. The molecule has 0 aromatic rings. The number of primary amides is 2. The Morgan fingerprint density at radius 1 is 1.39 bits per heavy atom. The van der Waals surface area contributed by atoms with E-state index in [9.17, 15) is 19.2 Å². The highest BCUT2D eigenvalue weighted by Gasteiger charge is 2.44. The van der Waals surface area contributed by atoms with Gasteiger partial charge in [0.1, 0.15) is 12.6 Å². The number of nitrogens with zero attached hydrogens (tertiary/aromatic N) is 1. The van der Waals surface area contributed by atoms with E-state index >= 15 is 0 Å². The quantitative estimate of drug-likeness (QED) is 0.619. The zero-order valence-electron chi connectivity index (χ0n) is 13.9. The average molecular weight is 326 g/mol. The van der Waals surface area contributed by atoms with Gasteiger partial charge in [0.25, 0.3) is 0 Å². The van der Waals surface area contributed by atoms with Crippen LogP contribution in [0.25, 0.3) is 0 Å². The summed E-state index contributed by atoms with van der Waals surface area (Å²) in [6.07, 6.45) is 0.536. The number of carbonyl (C=O) groups excluding carboxylic acids is 4. The van der Waals surface area contributed by atoms with Gasteiger partial charge in [0.05, 0.1) is 6.42 Å². The fourth-order valence-corrected chi connectivity index (χ4v) is 2.37. The van der Waals surface area contributed by atoms with Gasteiger partial charge in [-0.2, -0.15) is 0 Å². The largest absolute Gasteiger partial charge is 0.369 e. The SMILES string of the molecule is CC(C(N)=O)C(C)(C)C[CH]C(=O)N(C)C1C(=O)CO[C@@H]1C(N)=O. The molecule has 1 aliphatic rings. The Bertz CT molecular complexity index is 517. The fourth-order valence-electron chi connectivity index (χ4n) is 2.37. The van der Waals surface area contributed by atoms with Crippen molar-refractivity contribution >= 4 is 23.5 Å². The van der Waals surface area contributed by atoms with Crippen molar-refractivity contribution in [2.24, 2.45) is 22.8 Å². The minimum atomic E-state index is -1.14. The molecule has 23 heavy (non-hydrogen) atoms. The fraction of sp³-hybridized carbons (Fsp3) is 0.667. The summed E-state index contributed by atoms with van der Waals surface area (Å²) in [5.41, 5.74) is 9.97. The van der Waals surface area contributed by atoms with Gasteiger partial charge in [-0.3, -0.25) is 19.2 Å². The second-order valence-corrected chi connectivity index (χ2v) is 6.52. The van der Waals surface area contributed by atoms with Crippen molar-refractivity contribution in [1.82, 2.24) is 4.90 Å². The van der Waals surface area contributed by atoms with Gasteiger partial charge >= 0.3 is 0 Å². The standard InChI is InChI=1S/C15H24N3O5/c1-8(13(16)21)15(2,3)6-5-10(20)18(4)11-9(19)7-23-12(11)14(17)22/h5,8,11-12H,6-7H2,1-4H3,(H2,16,21)(H2,17,22)/t8?,11?,12-/m0/s1. The number of carbonyl (C=O) groups is 4. The molecule has 2 unspecified atom stereocenters. The van der Waals surface area contributed by atoms with Crippen molar-refractivity contribution in [2.75, 3.05) is 13.7 Å². The summed E-state index contributed by atoms with van der Waals surface area (Å²) in [6.45, 7) is 5.09. The van der Waals surface area contributed by atoms with Crippen LogP contribution in [0, 0.1) is 17.8 Å². The van der Waals surface area contributed by atoms with E-state index in [-0.39, 0.29) is 12.4 Å². The van der Waals surface area contributed by atoms with Gasteiger partial charge in [-0.15, -0.1) is 0 Å². The van der Waals surface area contributed by atoms with Crippen LogP contribution in [0.2, 0.25) is 0 Å². The van der Waals surface area contributed by atoms with E-state index in [1.807, 2.05) is 13.8 Å². The van der Waals surface area contributed by atoms with Crippen LogP contribution in [-0.4, -0.2) is 54.2 Å². The van der Waals surface area contributed by atoms with E-state index in [2.05, 4.69) is 0 Å². The van der Waals surface area contributed by atoms with E-state index in [4.69, 9.17) is 16.2 Å². The third-order valence-electron chi connectivity index (χ3n) is 4.47. The summed E-state index contributed by atoms with van der Waals surface area (Å²) >= 11 is 0. The molecule has 0 saturated carbocycles. The van der Waals surface area contributed by atoms with Crippen LogP contribution in [0.1, 0.15) is 27.2 Å². The second kappa shape index (κ2) is 7.08. The van der Waals surface area contributed by atoms with E-state index in [1.54, 1.807) is 6.92 Å². The average Bonchev–Trinajstić information content (AvgIpc) is 2.84. The van der Waals surface area contributed by atoms with Crippen molar-refractivity contribution in [3.63, 3.8) is 0 Å². The number of Topliss-reactive ketones (excluding diaryl/α,β-unsaturated/α-hetero) is 1. The first-order valence-electron chi connectivity index (χ1n) is 7.32. The monoisotopic (exact) mass is 326 g/mol. The number of hydrogen-bond donors (Lipinski definition) is 2. The van der Waals surface area contributed by atoms with Gasteiger partial charge in [-0.05, 0) is 11.8 Å². The summed E-state index contributed by atoms with van der Waals surface area (Å²) in [7, 11) is 1.41. The molecule has 0 spiro atoms. The van der Waals surface area contributed by atoms with E-state index < -0.39 is 41.2 Å². The maximum Gasteiger partial charge on any atom is 0.249 e. The zero-order valence-corrected chi connectivity index (χ0v) is 13.9. The molecule has 1 saturated heterocycles. The Kier molecular flexibility index (Phi) is 5.87. The van der Waals surface area contributed by atoms with Crippen molar-refractivity contribution in [3.8, 4) is 0 Å². The summed E-state index contributed by atoms with van der Waals surface area (Å²) in [5, 5.41) is 0. The minimum Gasteiger partial charge on any atom is -0.369 e. The number of likely N-dealkylation sites (N-methyl/N-ethyl adjacent to an activating group) is 1. The van der Waals surface area contributed by atoms with Crippen LogP contribution >= 0.6 is 0 Å². The number of rotatable bonds is 7. The molecule has 1 aliphatic heterocycles. The Morgan fingerprint density at radius 2 is 1.96 bits per heavy atom. The normalized spacial score (nSPS) is 22.7. The summed E-state index contributed by atoms with van der Waals surface area (Å²) in [6, 6.07) is -1.02. The van der Waals surface area contributed by atoms with Gasteiger partial charge in [0, 0.05) is 13.0 Å². The predicted molar refractivity (Wildman–Crippen MR) is 81.6 cm³/mol. The van der Waals surface area contributed by atoms with Gasteiger partial charge in [0.2, 0.25) is 17.7 Å². The minimum absolute atomic E-state index is 0.250. The third-order valence-corrected chi connectivity index (χ3v) is 4.47. The molecule has 0 aliphatic carbocycles. The first-order chi connectivity index (χ1) is 10.5. The molecule has 1 heterocycles. The zero-order chi connectivity index (χ0) is 17.9. The first kappa shape index (κ1) is 19.1. The predicted octanol–water partition coefficient (Wildman–Crippen LogP) is -0.991. The maximum atomic E-state index is 12.3. The van der Waals surface area contributed by atoms with E-state index in [1.165, 1.54) is 13.5 Å². The summed E-state index contributed by atoms with van der Waals surface area (Å²) in [5.74, 6) is -2.47. The molecule has 0 bridgehead atoms. The molecular weight excluding hydrogens is 302 g/mol. The van der Waals surface area contributed by atoms with Gasteiger partial charge in [-0.25, -0.2) is 0 Å². The van der Waals surface area contributed by atoms with Crippen LogP contribution < -0.4 is 11.5 Å². The van der Waals surface area contributed by atoms with Crippen LogP contribution in [0.5, 0.6) is 0 Å². The molecule has 3 atom stereocenters. The topological polar surface area (TPSA) is 133 Å². The van der Waals surface area contributed by atoms with Gasteiger partial charge < -0.3 is 21.1 Å². The van der Waals surface area contributed by atoms with Crippen LogP contribution in [0.4, 0.5) is 0 Å². The molecule has 8 nitrogen and oxygen atoms in total. The highest BCUT2D eigenvalue weighted by atomic mass is 16.5. The lowest BCUT2D eigenvalue weighted by Crippen LogP contribution is -2.50. The third kappa shape index (κ3) is 4.28.